The molecule has 0 spiro atoms. The Labute approximate surface area is 106 Å². The second kappa shape index (κ2) is 6.05. The number of hydrogen-bond donors (Lipinski definition) is 1. The van der Waals surface area contributed by atoms with Crippen LogP contribution in [0, 0.1) is 5.92 Å². The maximum atomic E-state index is 12.1. The number of nitrogens with zero attached hydrogens (tertiary/aromatic N) is 1. The van der Waals surface area contributed by atoms with Gasteiger partial charge in [0.2, 0.25) is 0 Å². The molecule has 0 aliphatic heterocycles. The van der Waals surface area contributed by atoms with Crippen molar-refractivity contribution < 1.29 is 19.4 Å². The summed E-state index contributed by atoms with van der Waals surface area (Å²) in [5.74, 6) is -1.29. The number of carboxylic acids is 1. The van der Waals surface area contributed by atoms with Gasteiger partial charge in [0, 0.05) is 13.6 Å². The van der Waals surface area contributed by atoms with E-state index >= 15 is 0 Å². The Kier molecular flexibility index (Phi) is 4.71. The van der Waals surface area contributed by atoms with Gasteiger partial charge in [-0.15, -0.1) is 0 Å². The number of ether oxygens (including phenoxy) is 1. The highest BCUT2D eigenvalue weighted by molar-refractivity contribution is 5.97. The molecule has 1 N–H and O–H groups in total. The van der Waals surface area contributed by atoms with E-state index in [1.165, 1.54) is 12.0 Å². The zero-order valence-electron chi connectivity index (χ0n) is 10.7. The molecular formula is C13H17NO4. The summed E-state index contributed by atoms with van der Waals surface area (Å²) >= 11 is 0. The van der Waals surface area contributed by atoms with Gasteiger partial charge < -0.3 is 14.7 Å². The van der Waals surface area contributed by atoms with E-state index in [-0.39, 0.29) is 12.5 Å². The van der Waals surface area contributed by atoms with E-state index in [4.69, 9.17) is 9.84 Å². The van der Waals surface area contributed by atoms with Crippen molar-refractivity contribution in [2.45, 2.75) is 6.92 Å². The van der Waals surface area contributed by atoms with Gasteiger partial charge in [0.15, 0.2) is 0 Å². The van der Waals surface area contributed by atoms with E-state index in [0.29, 0.717) is 11.3 Å². The second-order valence-corrected chi connectivity index (χ2v) is 4.13. The quantitative estimate of drug-likeness (QED) is 0.861. The summed E-state index contributed by atoms with van der Waals surface area (Å²) in [6, 6.07) is 6.87. The van der Waals surface area contributed by atoms with Crippen LogP contribution in [0.2, 0.25) is 0 Å². The van der Waals surface area contributed by atoms with Crippen molar-refractivity contribution in [1.29, 1.82) is 0 Å². The van der Waals surface area contributed by atoms with Crippen LogP contribution in [0.1, 0.15) is 17.3 Å². The zero-order valence-corrected chi connectivity index (χ0v) is 10.7. The van der Waals surface area contributed by atoms with E-state index in [0.717, 1.165) is 0 Å². The molecule has 0 saturated carbocycles. The van der Waals surface area contributed by atoms with Gasteiger partial charge in [-0.3, -0.25) is 9.59 Å². The third-order valence-electron chi connectivity index (χ3n) is 2.65. The number of methoxy groups -OCH3 is 1. The molecule has 5 nitrogen and oxygen atoms in total. The number of carbonyl (C=O) groups excluding carboxylic acids is 1. The summed E-state index contributed by atoms with van der Waals surface area (Å²) in [4.78, 5) is 24.3. The average molecular weight is 251 g/mol. The van der Waals surface area contributed by atoms with Gasteiger partial charge in [0.25, 0.3) is 5.91 Å². The van der Waals surface area contributed by atoms with E-state index in [2.05, 4.69) is 0 Å². The first-order valence-electron chi connectivity index (χ1n) is 5.58. The van der Waals surface area contributed by atoms with Gasteiger partial charge in [-0.25, -0.2) is 0 Å². The molecule has 0 aliphatic rings. The molecular weight excluding hydrogens is 234 g/mol. The minimum atomic E-state index is -0.922. The van der Waals surface area contributed by atoms with Crippen LogP contribution < -0.4 is 4.74 Å². The van der Waals surface area contributed by atoms with E-state index in [1.807, 2.05) is 0 Å². The van der Waals surface area contributed by atoms with Crippen molar-refractivity contribution in [3.05, 3.63) is 29.8 Å². The molecule has 0 heterocycles. The highest BCUT2D eigenvalue weighted by Gasteiger charge is 2.20. The predicted octanol–water partition coefficient (Wildman–Crippen LogP) is 1.49. The smallest absolute Gasteiger partial charge is 0.308 e. The molecule has 0 aliphatic carbocycles. The van der Waals surface area contributed by atoms with Crippen molar-refractivity contribution in [3.8, 4) is 5.75 Å². The molecule has 0 radical (unpaired) electrons. The molecule has 1 aromatic rings. The van der Waals surface area contributed by atoms with Crippen LogP contribution in [0.3, 0.4) is 0 Å². The van der Waals surface area contributed by atoms with Gasteiger partial charge in [0.1, 0.15) is 5.75 Å². The second-order valence-electron chi connectivity index (χ2n) is 4.13. The van der Waals surface area contributed by atoms with Gasteiger partial charge in [-0.2, -0.15) is 0 Å². The Morgan fingerprint density at radius 2 is 2.00 bits per heavy atom. The fourth-order valence-electron chi connectivity index (χ4n) is 1.60. The van der Waals surface area contributed by atoms with E-state index in [9.17, 15) is 9.59 Å². The number of para-hydroxylation sites is 1. The number of carbonyl (C=O) groups is 2. The van der Waals surface area contributed by atoms with Crippen LogP contribution in [-0.2, 0) is 4.79 Å². The number of rotatable bonds is 5. The standard InChI is InChI=1S/C13H17NO4/c1-9(13(16)17)8-14(2)12(15)10-6-4-5-7-11(10)18-3/h4-7,9H,8H2,1-3H3,(H,16,17). The molecule has 18 heavy (non-hydrogen) atoms. The molecule has 0 bridgehead atoms. The van der Waals surface area contributed by atoms with Crippen LogP contribution in [0.15, 0.2) is 24.3 Å². The molecule has 5 heteroatoms. The lowest BCUT2D eigenvalue weighted by atomic mass is 10.1. The Balaban J connectivity index is 2.83. The van der Waals surface area contributed by atoms with Crippen LogP contribution in [0.4, 0.5) is 0 Å². The SMILES string of the molecule is COc1ccccc1C(=O)N(C)CC(C)C(=O)O. The molecule has 1 rings (SSSR count). The molecule has 0 saturated heterocycles. The van der Waals surface area contributed by atoms with Crippen LogP contribution in [-0.4, -0.2) is 42.6 Å². The average Bonchev–Trinajstić information content (AvgIpc) is 2.37. The van der Waals surface area contributed by atoms with Gasteiger partial charge in [-0.05, 0) is 12.1 Å². The van der Waals surface area contributed by atoms with Gasteiger partial charge in [-0.1, -0.05) is 19.1 Å². The molecule has 1 amide bonds. The topological polar surface area (TPSA) is 66.8 Å². The minimum Gasteiger partial charge on any atom is -0.496 e. The molecule has 0 fully saturated rings. The monoisotopic (exact) mass is 251 g/mol. The first-order chi connectivity index (χ1) is 8.47. The van der Waals surface area contributed by atoms with Crippen LogP contribution in [0.25, 0.3) is 0 Å². The fraction of sp³-hybridized carbons (Fsp3) is 0.385. The summed E-state index contributed by atoms with van der Waals surface area (Å²) < 4.78 is 5.11. The normalized spacial score (nSPS) is 11.7. The van der Waals surface area contributed by atoms with E-state index in [1.54, 1.807) is 38.2 Å². The fourth-order valence-corrected chi connectivity index (χ4v) is 1.60. The molecule has 0 aromatic heterocycles. The number of hydrogen-bond acceptors (Lipinski definition) is 3. The third kappa shape index (κ3) is 3.23. The van der Waals surface area contributed by atoms with Gasteiger partial charge in [0.05, 0.1) is 18.6 Å². The highest BCUT2D eigenvalue weighted by Crippen LogP contribution is 2.19. The summed E-state index contributed by atoms with van der Waals surface area (Å²) in [6.07, 6.45) is 0. The Morgan fingerprint density at radius 1 is 1.39 bits per heavy atom. The number of carboxylic acid groups (broad SMARTS) is 1. The maximum Gasteiger partial charge on any atom is 0.308 e. The van der Waals surface area contributed by atoms with Crippen LogP contribution in [0.5, 0.6) is 5.75 Å². The summed E-state index contributed by atoms with van der Waals surface area (Å²) in [7, 11) is 3.07. The van der Waals surface area contributed by atoms with Crippen molar-refractivity contribution in [1.82, 2.24) is 4.90 Å². The molecule has 1 unspecified atom stereocenters. The van der Waals surface area contributed by atoms with Crippen molar-refractivity contribution in [2.24, 2.45) is 5.92 Å². The largest absolute Gasteiger partial charge is 0.496 e. The van der Waals surface area contributed by atoms with Crippen molar-refractivity contribution >= 4 is 11.9 Å². The molecule has 1 aromatic carbocycles. The zero-order chi connectivity index (χ0) is 13.7. The number of amides is 1. The summed E-state index contributed by atoms with van der Waals surface area (Å²) in [6.45, 7) is 1.72. The lowest BCUT2D eigenvalue weighted by Crippen LogP contribution is -2.33. The Hall–Kier alpha value is -2.04. The van der Waals surface area contributed by atoms with Crippen molar-refractivity contribution in [3.63, 3.8) is 0 Å². The van der Waals surface area contributed by atoms with Crippen LogP contribution >= 0.6 is 0 Å². The lowest BCUT2D eigenvalue weighted by Gasteiger charge is -2.20. The maximum absolute atomic E-state index is 12.1. The minimum absolute atomic E-state index is 0.159. The lowest BCUT2D eigenvalue weighted by molar-refractivity contribution is -0.141. The van der Waals surface area contributed by atoms with Gasteiger partial charge >= 0.3 is 5.97 Å². The van der Waals surface area contributed by atoms with E-state index < -0.39 is 11.9 Å². The summed E-state index contributed by atoms with van der Waals surface area (Å²) in [5.41, 5.74) is 0.431. The predicted molar refractivity (Wildman–Crippen MR) is 66.8 cm³/mol. The first kappa shape index (κ1) is 14.0. The van der Waals surface area contributed by atoms with Crippen molar-refractivity contribution in [2.75, 3.05) is 20.7 Å². The highest BCUT2D eigenvalue weighted by atomic mass is 16.5. The Morgan fingerprint density at radius 3 is 2.56 bits per heavy atom. The Bertz CT molecular complexity index is 444. The number of benzene rings is 1. The summed E-state index contributed by atoms with van der Waals surface area (Å²) in [5, 5.41) is 8.82. The molecule has 1 atom stereocenters. The third-order valence-corrected chi connectivity index (χ3v) is 2.65. The molecule has 98 valence electrons. The number of aliphatic carboxylic acids is 1. The first-order valence-corrected chi connectivity index (χ1v) is 5.58.